The highest BCUT2D eigenvalue weighted by atomic mass is 16.5. The molecule has 0 aromatic rings. The summed E-state index contributed by atoms with van der Waals surface area (Å²) in [5.41, 5.74) is 0.0635. The van der Waals surface area contributed by atoms with Gasteiger partial charge in [0.15, 0.2) is 0 Å². The summed E-state index contributed by atoms with van der Waals surface area (Å²) in [4.78, 5) is 0. The molecule has 0 radical (unpaired) electrons. The van der Waals surface area contributed by atoms with Crippen molar-refractivity contribution in [2.24, 2.45) is 5.92 Å². The maximum atomic E-state index is 5.27. The molecular weight excluding hydrogens is 186 g/mol. The summed E-state index contributed by atoms with van der Waals surface area (Å²) in [7, 11) is 0. The van der Waals surface area contributed by atoms with Crippen LogP contribution in [0.3, 0.4) is 0 Å². The lowest BCUT2D eigenvalue weighted by Crippen LogP contribution is -2.46. The van der Waals surface area contributed by atoms with E-state index in [2.05, 4.69) is 45.2 Å². The molecule has 0 heterocycles. The molecule has 0 saturated heterocycles. The van der Waals surface area contributed by atoms with Crippen LogP contribution in [0.4, 0.5) is 0 Å². The first kappa shape index (κ1) is 14.2. The summed E-state index contributed by atoms with van der Waals surface area (Å²) in [6, 6.07) is 0. The van der Waals surface area contributed by atoms with E-state index in [1.807, 2.05) is 13.0 Å². The molecule has 15 heavy (non-hydrogen) atoms. The molecule has 0 spiro atoms. The van der Waals surface area contributed by atoms with Gasteiger partial charge in [-0.15, -0.1) is 0 Å². The summed E-state index contributed by atoms with van der Waals surface area (Å²) in [5.74, 6) is 0.565. The van der Waals surface area contributed by atoms with E-state index in [9.17, 15) is 0 Å². The van der Waals surface area contributed by atoms with Gasteiger partial charge >= 0.3 is 0 Å². The third-order valence-electron chi connectivity index (χ3n) is 2.67. The zero-order chi connectivity index (χ0) is 11.7. The van der Waals surface area contributed by atoms with Crippen LogP contribution in [-0.4, -0.2) is 18.7 Å². The fraction of sp³-hybridized carbons (Fsp3) is 0.692. The highest BCUT2D eigenvalue weighted by Gasteiger charge is 2.23. The van der Waals surface area contributed by atoms with Gasteiger partial charge in [0.05, 0.1) is 12.9 Å². The van der Waals surface area contributed by atoms with Gasteiger partial charge in [-0.2, -0.15) is 0 Å². The molecule has 0 bridgehead atoms. The Morgan fingerprint density at radius 3 is 2.40 bits per heavy atom. The van der Waals surface area contributed by atoms with Crippen LogP contribution in [0.2, 0.25) is 0 Å². The summed E-state index contributed by atoms with van der Waals surface area (Å²) < 4.78 is 5.27. The fourth-order valence-electron chi connectivity index (χ4n) is 1.35. The first-order valence-electron chi connectivity index (χ1n) is 5.68. The molecule has 0 aliphatic rings. The minimum atomic E-state index is 0.0635. The van der Waals surface area contributed by atoms with Crippen molar-refractivity contribution in [2.75, 3.05) is 13.2 Å². The van der Waals surface area contributed by atoms with Crippen molar-refractivity contribution in [3.05, 3.63) is 24.5 Å². The largest absolute Gasteiger partial charge is 0.500 e. The van der Waals surface area contributed by atoms with Crippen molar-refractivity contribution in [3.8, 4) is 0 Å². The van der Waals surface area contributed by atoms with E-state index in [-0.39, 0.29) is 5.54 Å². The Balaban J connectivity index is 3.97. The lowest BCUT2D eigenvalue weighted by Gasteiger charge is -2.32. The minimum Gasteiger partial charge on any atom is -0.500 e. The molecule has 0 aliphatic carbocycles. The van der Waals surface area contributed by atoms with Gasteiger partial charge in [-0.05, 0) is 26.7 Å². The highest BCUT2D eigenvalue weighted by molar-refractivity contribution is 5.04. The van der Waals surface area contributed by atoms with Gasteiger partial charge in [-0.3, -0.25) is 0 Å². The molecule has 0 aliphatic heterocycles. The number of hydrogen-bond acceptors (Lipinski definition) is 2. The molecule has 1 N–H and O–H groups in total. The standard InChI is InChI=1S/C13H25NO/c1-6-8-13(5,12(3)4)14-9-11-15-10-7-2/h6-8,10,12,14H,9,11H2,1-5H3/b8-6?,10-7+. The van der Waals surface area contributed by atoms with Gasteiger partial charge in [0.25, 0.3) is 0 Å². The molecule has 2 nitrogen and oxygen atoms in total. The van der Waals surface area contributed by atoms with E-state index >= 15 is 0 Å². The van der Waals surface area contributed by atoms with Crippen molar-refractivity contribution in [1.29, 1.82) is 0 Å². The zero-order valence-electron chi connectivity index (χ0n) is 10.7. The normalized spacial score (nSPS) is 16.4. The molecule has 0 amide bonds. The minimum absolute atomic E-state index is 0.0635. The van der Waals surface area contributed by atoms with E-state index in [1.54, 1.807) is 6.26 Å². The molecule has 0 aromatic heterocycles. The Bertz CT molecular complexity index is 209. The molecule has 1 unspecified atom stereocenters. The lowest BCUT2D eigenvalue weighted by atomic mass is 9.88. The van der Waals surface area contributed by atoms with Crippen molar-refractivity contribution in [2.45, 2.75) is 40.2 Å². The summed E-state index contributed by atoms with van der Waals surface area (Å²) in [6.45, 7) is 12.2. The second kappa shape index (κ2) is 7.52. The maximum absolute atomic E-state index is 5.27. The van der Waals surface area contributed by atoms with Crippen LogP contribution < -0.4 is 5.32 Å². The van der Waals surface area contributed by atoms with Crippen LogP contribution in [0.25, 0.3) is 0 Å². The Hall–Kier alpha value is -0.760. The molecule has 0 aromatic carbocycles. The molecule has 0 fully saturated rings. The Morgan fingerprint density at radius 2 is 1.93 bits per heavy atom. The van der Waals surface area contributed by atoms with Gasteiger partial charge in [0, 0.05) is 12.1 Å². The maximum Gasteiger partial charge on any atom is 0.0997 e. The highest BCUT2D eigenvalue weighted by Crippen LogP contribution is 2.17. The summed E-state index contributed by atoms with van der Waals surface area (Å²) in [5, 5.41) is 3.51. The average molecular weight is 211 g/mol. The van der Waals surface area contributed by atoms with Crippen LogP contribution >= 0.6 is 0 Å². The Labute approximate surface area is 94.4 Å². The first-order chi connectivity index (χ1) is 7.06. The Morgan fingerprint density at radius 1 is 1.27 bits per heavy atom. The van der Waals surface area contributed by atoms with Crippen molar-refractivity contribution < 1.29 is 4.74 Å². The molecule has 0 saturated carbocycles. The third-order valence-corrected chi connectivity index (χ3v) is 2.67. The van der Waals surface area contributed by atoms with Gasteiger partial charge in [-0.1, -0.05) is 32.1 Å². The monoisotopic (exact) mass is 211 g/mol. The lowest BCUT2D eigenvalue weighted by molar-refractivity contribution is 0.224. The van der Waals surface area contributed by atoms with E-state index in [1.165, 1.54) is 0 Å². The van der Waals surface area contributed by atoms with Crippen molar-refractivity contribution in [3.63, 3.8) is 0 Å². The van der Waals surface area contributed by atoms with Crippen molar-refractivity contribution in [1.82, 2.24) is 5.32 Å². The first-order valence-corrected chi connectivity index (χ1v) is 5.68. The zero-order valence-corrected chi connectivity index (χ0v) is 10.7. The molecule has 1 atom stereocenters. The quantitative estimate of drug-likeness (QED) is 0.397. The van der Waals surface area contributed by atoms with Crippen LogP contribution in [0.1, 0.15) is 34.6 Å². The smallest absolute Gasteiger partial charge is 0.0997 e. The topological polar surface area (TPSA) is 21.3 Å². The Kier molecular flexibility index (Phi) is 7.14. The second-order valence-electron chi connectivity index (χ2n) is 4.20. The number of hydrogen-bond donors (Lipinski definition) is 1. The van der Waals surface area contributed by atoms with Crippen LogP contribution in [0.15, 0.2) is 24.5 Å². The summed E-state index contributed by atoms with van der Waals surface area (Å²) in [6.07, 6.45) is 7.94. The average Bonchev–Trinajstić information content (AvgIpc) is 2.18. The molecule has 2 heteroatoms. The van der Waals surface area contributed by atoms with Crippen molar-refractivity contribution >= 4 is 0 Å². The van der Waals surface area contributed by atoms with E-state index in [0.29, 0.717) is 12.5 Å². The molecule has 88 valence electrons. The van der Waals surface area contributed by atoms with E-state index in [0.717, 1.165) is 6.54 Å². The SMILES string of the molecule is CC=CC(C)(NCCO/C=C/C)C(C)C. The van der Waals surface area contributed by atoms with Gasteiger partial charge in [0.1, 0.15) is 0 Å². The third kappa shape index (κ3) is 5.63. The number of rotatable bonds is 7. The second-order valence-corrected chi connectivity index (χ2v) is 4.20. The molecular formula is C13H25NO. The number of ether oxygens (including phenoxy) is 1. The predicted octanol–water partition coefficient (Wildman–Crippen LogP) is 3.12. The fourth-order valence-corrected chi connectivity index (χ4v) is 1.35. The predicted molar refractivity (Wildman–Crippen MR) is 66.8 cm³/mol. The van der Waals surface area contributed by atoms with E-state index in [4.69, 9.17) is 4.74 Å². The number of nitrogens with one attached hydrogen (secondary N) is 1. The van der Waals surface area contributed by atoms with Crippen LogP contribution in [0, 0.1) is 5.92 Å². The number of allylic oxidation sites excluding steroid dienone is 2. The summed E-state index contributed by atoms with van der Waals surface area (Å²) >= 11 is 0. The van der Waals surface area contributed by atoms with Gasteiger partial charge in [0.2, 0.25) is 0 Å². The van der Waals surface area contributed by atoms with E-state index < -0.39 is 0 Å². The van der Waals surface area contributed by atoms with Crippen LogP contribution in [0.5, 0.6) is 0 Å². The van der Waals surface area contributed by atoms with Crippen LogP contribution in [-0.2, 0) is 4.74 Å². The van der Waals surface area contributed by atoms with Gasteiger partial charge < -0.3 is 10.1 Å². The van der Waals surface area contributed by atoms with Gasteiger partial charge in [-0.25, -0.2) is 0 Å². The molecule has 0 rings (SSSR count).